The molecule has 2 aromatic rings. The normalized spacial score (nSPS) is 12.5. The average molecular weight is 299 g/mol. The van der Waals surface area contributed by atoms with Crippen molar-refractivity contribution < 1.29 is 4.39 Å². The molecule has 0 aliphatic rings. The van der Waals surface area contributed by atoms with Gasteiger partial charge in [-0.15, -0.1) is 11.3 Å². The van der Waals surface area contributed by atoms with Crippen molar-refractivity contribution in [1.82, 2.24) is 0 Å². The first-order chi connectivity index (χ1) is 8.99. The highest BCUT2D eigenvalue weighted by atomic mass is 35.5. The highest BCUT2D eigenvalue weighted by molar-refractivity contribution is 7.16. The predicted octanol–water partition coefficient (Wildman–Crippen LogP) is 4.20. The van der Waals surface area contributed by atoms with Gasteiger partial charge in [-0.2, -0.15) is 0 Å². The van der Waals surface area contributed by atoms with Gasteiger partial charge in [-0.05, 0) is 30.7 Å². The summed E-state index contributed by atoms with van der Waals surface area (Å²) in [4.78, 5) is 2.96. The lowest BCUT2D eigenvalue weighted by Gasteiger charge is -2.24. The average Bonchev–Trinajstić information content (AvgIpc) is 2.74. The van der Waals surface area contributed by atoms with Gasteiger partial charge < -0.3 is 10.6 Å². The fourth-order valence-electron chi connectivity index (χ4n) is 2.05. The van der Waals surface area contributed by atoms with Crippen LogP contribution in [0, 0.1) is 5.82 Å². The van der Waals surface area contributed by atoms with E-state index in [9.17, 15) is 4.39 Å². The summed E-state index contributed by atoms with van der Waals surface area (Å²) in [5.41, 5.74) is 7.27. The van der Waals surface area contributed by atoms with Crippen LogP contribution in [-0.4, -0.2) is 7.05 Å². The molecular formula is C14H16ClFN2S. The fraction of sp³-hybridized carbons (Fsp3) is 0.286. The molecule has 102 valence electrons. The van der Waals surface area contributed by atoms with Gasteiger partial charge in [0.25, 0.3) is 0 Å². The van der Waals surface area contributed by atoms with Crippen molar-refractivity contribution >= 4 is 28.6 Å². The number of benzene rings is 1. The Bertz CT molecular complexity index is 568. The summed E-state index contributed by atoms with van der Waals surface area (Å²) in [6, 6.07) is 8.60. The Hall–Kier alpha value is -1.10. The summed E-state index contributed by atoms with van der Waals surface area (Å²) in [7, 11) is 1.86. The summed E-state index contributed by atoms with van der Waals surface area (Å²) in [5.74, 6) is -0.250. The largest absolute Gasteiger partial charge is 0.367 e. The Balaban J connectivity index is 2.30. The monoisotopic (exact) mass is 298 g/mol. The van der Waals surface area contributed by atoms with Crippen molar-refractivity contribution in [3.63, 3.8) is 0 Å². The van der Waals surface area contributed by atoms with Crippen molar-refractivity contribution in [2.75, 3.05) is 11.9 Å². The van der Waals surface area contributed by atoms with E-state index in [1.165, 1.54) is 17.4 Å². The van der Waals surface area contributed by atoms with E-state index in [1.54, 1.807) is 6.07 Å². The van der Waals surface area contributed by atoms with Crippen LogP contribution in [0.25, 0.3) is 0 Å². The Kier molecular flexibility index (Phi) is 4.45. The molecule has 0 bridgehead atoms. The molecule has 0 unspecified atom stereocenters. The minimum absolute atomic E-state index is 0.208. The maximum atomic E-state index is 14.0. The van der Waals surface area contributed by atoms with Gasteiger partial charge >= 0.3 is 0 Å². The number of hydrogen-bond acceptors (Lipinski definition) is 3. The standard InChI is InChI=1S/C14H16ClFN2S/c1-9(17)11-4-3-5-12(16)14(11)18(2)8-10-6-7-13(15)19-10/h3-7,9H,8,17H2,1-2H3/t9-/m0/s1. The molecule has 1 heterocycles. The lowest BCUT2D eigenvalue weighted by molar-refractivity contribution is 0.616. The Labute approximate surface area is 121 Å². The second kappa shape index (κ2) is 5.90. The quantitative estimate of drug-likeness (QED) is 0.917. The van der Waals surface area contributed by atoms with Gasteiger partial charge in [0.15, 0.2) is 0 Å². The number of rotatable bonds is 4. The molecule has 2 nitrogen and oxygen atoms in total. The number of thiophene rings is 1. The third-order valence-corrected chi connectivity index (χ3v) is 4.13. The van der Waals surface area contributed by atoms with E-state index >= 15 is 0 Å². The zero-order valence-corrected chi connectivity index (χ0v) is 12.4. The van der Waals surface area contributed by atoms with Crippen LogP contribution in [0.3, 0.4) is 0 Å². The molecule has 0 saturated carbocycles. The first-order valence-electron chi connectivity index (χ1n) is 5.98. The molecule has 0 radical (unpaired) electrons. The number of anilines is 1. The van der Waals surface area contributed by atoms with Crippen molar-refractivity contribution in [3.8, 4) is 0 Å². The Morgan fingerprint density at radius 2 is 2.11 bits per heavy atom. The van der Waals surface area contributed by atoms with Gasteiger partial charge in [0.2, 0.25) is 0 Å². The van der Waals surface area contributed by atoms with Crippen LogP contribution in [0.4, 0.5) is 10.1 Å². The van der Waals surface area contributed by atoms with Gasteiger partial charge in [-0.3, -0.25) is 0 Å². The maximum Gasteiger partial charge on any atom is 0.146 e. The van der Waals surface area contributed by atoms with E-state index in [1.807, 2.05) is 37.1 Å². The second-order valence-electron chi connectivity index (χ2n) is 4.53. The number of para-hydroxylation sites is 1. The molecule has 2 rings (SSSR count). The van der Waals surface area contributed by atoms with Crippen molar-refractivity contribution in [2.24, 2.45) is 5.73 Å². The summed E-state index contributed by atoms with van der Waals surface area (Å²) >= 11 is 7.41. The van der Waals surface area contributed by atoms with E-state index < -0.39 is 0 Å². The minimum Gasteiger partial charge on any atom is -0.367 e. The fourth-order valence-corrected chi connectivity index (χ4v) is 3.19. The first-order valence-corrected chi connectivity index (χ1v) is 7.18. The van der Waals surface area contributed by atoms with Crippen LogP contribution >= 0.6 is 22.9 Å². The molecule has 1 aromatic heterocycles. The van der Waals surface area contributed by atoms with E-state index in [0.29, 0.717) is 12.2 Å². The van der Waals surface area contributed by atoms with Crippen molar-refractivity contribution in [1.29, 1.82) is 0 Å². The van der Waals surface area contributed by atoms with Gasteiger partial charge in [0, 0.05) is 18.0 Å². The van der Waals surface area contributed by atoms with Gasteiger partial charge in [0.05, 0.1) is 16.6 Å². The smallest absolute Gasteiger partial charge is 0.146 e. The van der Waals surface area contributed by atoms with Crippen LogP contribution in [0.15, 0.2) is 30.3 Å². The molecule has 1 aromatic carbocycles. The molecule has 0 amide bonds. The summed E-state index contributed by atoms with van der Waals surface area (Å²) in [6.45, 7) is 2.46. The zero-order chi connectivity index (χ0) is 14.0. The molecule has 0 aliphatic heterocycles. The Morgan fingerprint density at radius 1 is 1.37 bits per heavy atom. The molecule has 5 heteroatoms. The van der Waals surface area contributed by atoms with Crippen LogP contribution in [-0.2, 0) is 6.54 Å². The molecule has 0 aliphatic carbocycles. The zero-order valence-electron chi connectivity index (χ0n) is 10.9. The summed E-state index contributed by atoms with van der Waals surface area (Å²) in [5, 5.41) is 0. The van der Waals surface area contributed by atoms with Crippen LogP contribution in [0.2, 0.25) is 4.34 Å². The molecule has 1 atom stereocenters. The molecule has 19 heavy (non-hydrogen) atoms. The van der Waals surface area contributed by atoms with Gasteiger partial charge in [0.1, 0.15) is 5.82 Å². The molecule has 0 fully saturated rings. The molecular weight excluding hydrogens is 283 g/mol. The third-order valence-electron chi connectivity index (χ3n) is 2.91. The SMILES string of the molecule is C[C@H](N)c1cccc(F)c1N(C)Cc1ccc(Cl)s1. The van der Waals surface area contributed by atoms with E-state index in [2.05, 4.69) is 0 Å². The number of halogens is 2. The maximum absolute atomic E-state index is 14.0. The van der Waals surface area contributed by atoms with E-state index in [4.69, 9.17) is 17.3 Å². The van der Waals surface area contributed by atoms with Gasteiger partial charge in [-0.1, -0.05) is 23.7 Å². The van der Waals surface area contributed by atoms with Crippen molar-refractivity contribution in [2.45, 2.75) is 19.5 Å². The number of hydrogen-bond donors (Lipinski definition) is 1. The second-order valence-corrected chi connectivity index (χ2v) is 6.33. The lowest BCUT2D eigenvalue weighted by atomic mass is 10.1. The van der Waals surface area contributed by atoms with E-state index in [0.717, 1.165) is 14.8 Å². The lowest BCUT2D eigenvalue weighted by Crippen LogP contribution is -2.21. The number of nitrogens with zero attached hydrogens (tertiary/aromatic N) is 1. The van der Waals surface area contributed by atoms with E-state index in [-0.39, 0.29) is 11.9 Å². The topological polar surface area (TPSA) is 29.3 Å². The van der Waals surface area contributed by atoms with Crippen molar-refractivity contribution in [3.05, 3.63) is 50.9 Å². The third kappa shape index (κ3) is 3.26. The molecule has 2 N–H and O–H groups in total. The predicted molar refractivity (Wildman–Crippen MR) is 80.4 cm³/mol. The van der Waals surface area contributed by atoms with Gasteiger partial charge in [-0.25, -0.2) is 4.39 Å². The molecule has 0 saturated heterocycles. The van der Waals surface area contributed by atoms with Crippen LogP contribution in [0.1, 0.15) is 23.4 Å². The molecule has 0 spiro atoms. The van der Waals surface area contributed by atoms with Crippen LogP contribution in [0.5, 0.6) is 0 Å². The van der Waals surface area contributed by atoms with Crippen LogP contribution < -0.4 is 10.6 Å². The minimum atomic E-state index is -0.250. The highest BCUT2D eigenvalue weighted by Crippen LogP contribution is 2.30. The summed E-state index contributed by atoms with van der Waals surface area (Å²) in [6.07, 6.45) is 0. The highest BCUT2D eigenvalue weighted by Gasteiger charge is 2.16. The number of nitrogens with two attached hydrogens (primary N) is 1. The first kappa shape index (κ1) is 14.3. The summed E-state index contributed by atoms with van der Waals surface area (Å²) < 4.78 is 14.8. The Morgan fingerprint density at radius 3 is 2.68 bits per heavy atom.